The molecular formula is C22H20N2O4S. The number of nitrogens with one attached hydrogen (secondary N) is 1. The molecule has 1 atom stereocenters. The highest BCUT2D eigenvalue weighted by atomic mass is 32.1. The quantitative estimate of drug-likeness (QED) is 0.664. The highest BCUT2D eigenvalue weighted by Crippen LogP contribution is 2.36. The summed E-state index contributed by atoms with van der Waals surface area (Å²) in [4.78, 5) is 27.3. The van der Waals surface area contributed by atoms with Gasteiger partial charge in [0.05, 0.1) is 17.1 Å². The van der Waals surface area contributed by atoms with Crippen molar-refractivity contribution in [3.63, 3.8) is 0 Å². The fraction of sp³-hybridized carbons (Fsp3) is 0.182. The van der Waals surface area contributed by atoms with Gasteiger partial charge in [0.15, 0.2) is 6.10 Å². The number of anilines is 2. The number of amides is 2. The number of rotatable bonds is 6. The zero-order valence-corrected chi connectivity index (χ0v) is 16.6. The van der Waals surface area contributed by atoms with Crippen LogP contribution in [0, 0.1) is 0 Å². The average molecular weight is 408 g/mol. The average Bonchev–Trinajstić information content (AvgIpc) is 3.27. The monoisotopic (exact) mass is 408 g/mol. The molecule has 2 heterocycles. The summed E-state index contributed by atoms with van der Waals surface area (Å²) in [5.41, 5.74) is 1.22. The van der Waals surface area contributed by atoms with Crippen molar-refractivity contribution in [2.24, 2.45) is 0 Å². The van der Waals surface area contributed by atoms with E-state index in [4.69, 9.17) is 9.47 Å². The minimum Gasteiger partial charge on any atom is -0.492 e. The van der Waals surface area contributed by atoms with Crippen LogP contribution in [0.15, 0.2) is 66.0 Å². The van der Waals surface area contributed by atoms with Crippen LogP contribution in [0.5, 0.6) is 11.5 Å². The van der Waals surface area contributed by atoms with E-state index in [9.17, 15) is 9.59 Å². The minimum absolute atomic E-state index is 0.143. The topological polar surface area (TPSA) is 67.9 Å². The lowest BCUT2D eigenvalue weighted by atomic mass is 10.1. The van der Waals surface area contributed by atoms with E-state index in [1.165, 1.54) is 11.3 Å². The number of ether oxygens (including phenoxy) is 2. The van der Waals surface area contributed by atoms with Gasteiger partial charge in [-0.05, 0) is 48.7 Å². The zero-order chi connectivity index (χ0) is 20.2. The van der Waals surface area contributed by atoms with Gasteiger partial charge in [0.2, 0.25) is 0 Å². The molecule has 4 rings (SSSR count). The van der Waals surface area contributed by atoms with Crippen molar-refractivity contribution in [2.45, 2.75) is 13.0 Å². The number of carbonyl (C=O) groups is 2. The molecule has 0 saturated carbocycles. The molecule has 0 radical (unpaired) electrons. The Hall–Kier alpha value is -3.32. The molecule has 148 valence electrons. The SMILES string of the molecule is CC1Oc2ccc(NC(=O)c3cccs3)cc2N(CCOc2ccccc2)C1=O. The fourth-order valence-corrected chi connectivity index (χ4v) is 3.71. The first-order valence-electron chi connectivity index (χ1n) is 9.26. The predicted octanol–water partition coefficient (Wildman–Crippen LogP) is 4.19. The van der Waals surface area contributed by atoms with Crippen LogP contribution in [-0.2, 0) is 4.79 Å². The van der Waals surface area contributed by atoms with E-state index >= 15 is 0 Å². The summed E-state index contributed by atoms with van der Waals surface area (Å²) in [5.74, 6) is 1.02. The Kier molecular flexibility index (Phi) is 5.48. The summed E-state index contributed by atoms with van der Waals surface area (Å²) in [6.07, 6.45) is -0.578. The Morgan fingerprint density at radius 2 is 2.00 bits per heavy atom. The van der Waals surface area contributed by atoms with Crippen LogP contribution < -0.4 is 19.7 Å². The number of hydrogen-bond acceptors (Lipinski definition) is 5. The smallest absolute Gasteiger partial charge is 0.267 e. The van der Waals surface area contributed by atoms with Crippen molar-refractivity contribution in [1.82, 2.24) is 0 Å². The van der Waals surface area contributed by atoms with E-state index in [0.29, 0.717) is 35.2 Å². The van der Waals surface area contributed by atoms with Crippen molar-refractivity contribution in [3.8, 4) is 11.5 Å². The lowest BCUT2D eigenvalue weighted by molar-refractivity contribution is -0.125. The molecule has 7 heteroatoms. The maximum absolute atomic E-state index is 12.7. The summed E-state index contributed by atoms with van der Waals surface area (Å²) in [6, 6.07) is 18.3. The maximum Gasteiger partial charge on any atom is 0.267 e. The fourth-order valence-electron chi connectivity index (χ4n) is 3.09. The molecule has 0 spiro atoms. The molecule has 3 aromatic rings. The molecule has 2 amide bonds. The van der Waals surface area contributed by atoms with Gasteiger partial charge in [-0.25, -0.2) is 0 Å². The second-order valence-corrected chi connectivity index (χ2v) is 7.47. The molecule has 29 heavy (non-hydrogen) atoms. The van der Waals surface area contributed by atoms with E-state index in [1.807, 2.05) is 41.8 Å². The Morgan fingerprint density at radius 1 is 1.17 bits per heavy atom. The number of nitrogens with zero attached hydrogens (tertiary/aromatic N) is 1. The van der Waals surface area contributed by atoms with Crippen molar-refractivity contribution in [3.05, 3.63) is 70.9 Å². The number of thiophene rings is 1. The number of carbonyl (C=O) groups excluding carboxylic acids is 2. The van der Waals surface area contributed by atoms with E-state index in [-0.39, 0.29) is 11.8 Å². The van der Waals surface area contributed by atoms with Crippen molar-refractivity contribution < 1.29 is 19.1 Å². The van der Waals surface area contributed by atoms with Crippen molar-refractivity contribution >= 4 is 34.5 Å². The Bertz CT molecular complexity index is 1000. The first-order valence-corrected chi connectivity index (χ1v) is 10.1. The van der Waals surface area contributed by atoms with Gasteiger partial charge in [-0.3, -0.25) is 9.59 Å². The standard InChI is InChI=1S/C22H20N2O4S/c1-15-22(26)24(11-12-27-17-6-3-2-4-7-17)18-14-16(9-10-19(18)28-15)23-21(25)20-8-5-13-29-20/h2-10,13-15H,11-12H2,1H3,(H,23,25). The molecule has 1 aliphatic heterocycles. The van der Waals surface area contributed by atoms with Gasteiger partial charge in [-0.1, -0.05) is 24.3 Å². The Balaban J connectivity index is 1.51. The van der Waals surface area contributed by atoms with Gasteiger partial charge in [0.1, 0.15) is 18.1 Å². The van der Waals surface area contributed by atoms with Crippen LogP contribution in [0.3, 0.4) is 0 Å². The van der Waals surface area contributed by atoms with Gasteiger partial charge in [-0.2, -0.15) is 0 Å². The third-order valence-corrected chi connectivity index (χ3v) is 5.37. The molecule has 0 fully saturated rings. The van der Waals surface area contributed by atoms with Gasteiger partial charge >= 0.3 is 0 Å². The van der Waals surface area contributed by atoms with Crippen LogP contribution in [-0.4, -0.2) is 31.1 Å². The number of para-hydroxylation sites is 1. The van der Waals surface area contributed by atoms with Crippen LogP contribution in [0.1, 0.15) is 16.6 Å². The normalized spacial score (nSPS) is 15.4. The van der Waals surface area contributed by atoms with E-state index in [2.05, 4.69) is 5.32 Å². The summed E-state index contributed by atoms with van der Waals surface area (Å²) in [7, 11) is 0. The highest BCUT2D eigenvalue weighted by Gasteiger charge is 2.31. The lowest BCUT2D eigenvalue weighted by Crippen LogP contribution is -2.46. The highest BCUT2D eigenvalue weighted by molar-refractivity contribution is 7.12. The first kappa shape index (κ1) is 19.0. The zero-order valence-electron chi connectivity index (χ0n) is 15.8. The number of fused-ring (bicyclic) bond motifs is 1. The molecule has 0 aliphatic carbocycles. The van der Waals surface area contributed by atoms with E-state index in [0.717, 1.165) is 5.75 Å². The Labute approximate surface area is 172 Å². The first-order chi connectivity index (χ1) is 14.1. The summed E-state index contributed by atoms with van der Waals surface area (Å²) in [5, 5.41) is 4.72. The van der Waals surface area contributed by atoms with Gasteiger partial charge in [-0.15, -0.1) is 11.3 Å². The molecule has 2 aromatic carbocycles. The largest absolute Gasteiger partial charge is 0.492 e. The van der Waals surface area contributed by atoms with Gasteiger partial charge < -0.3 is 19.7 Å². The summed E-state index contributed by atoms with van der Waals surface area (Å²) in [6.45, 7) is 2.44. The minimum atomic E-state index is -0.578. The molecule has 1 aliphatic rings. The van der Waals surface area contributed by atoms with Crippen LogP contribution in [0.2, 0.25) is 0 Å². The van der Waals surface area contributed by atoms with E-state index in [1.54, 1.807) is 36.1 Å². The summed E-state index contributed by atoms with van der Waals surface area (Å²) < 4.78 is 11.5. The van der Waals surface area contributed by atoms with Crippen LogP contribution in [0.4, 0.5) is 11.4 Å². The van der Waals surface area contributed by atoms with Crippen molar-refractivity contribution in [1.29, 1.82) is 0 Å². The molecule has 1 aromatic heterocycles. The van der Waals surface area contributed by atoms with Gasteiger partial charge in [0.25, 0.3) is 11.8 Å². The lowest BCUT2D eigenvalue weighted by Gasteiger charge is -2.33. The van der Waals surface area contributed by atoms with E-state index < -0.39 is 6.10 Å². The molecule has 1 N–H and O–H groups in total. The molecule has 1 unspecified atom stereocenters. The van der Waals surface area contributed by atoms with Crippen molar-refractivity contribution in [2.75, 3.05) is 23.4 Å². The predicted molar refractivity (Wildman–Crippen MR) is 113 cm³/mol. The maximum atomic E-state index is 12.7. The third kappa shape index (κ3) is 4.25. The van der Waals surface area contributed by atoms with Gasteiger partial charge in [0, 0.05) is 5.69 Å². The third-order valence-electron chi connectivity index (χ3n) is 4.50. The molecule has 0 saturated heterocycles. The molecule has 6 nitrogen and oxygen atoms in total. The second kappa shape index (κ2) is 8.36. The Morgan fingerprint density at radius 3 is 2.76 bits per heavy atom. The number of hydrogen-bond donors (Lipinski definition) is 1. The molecule has 0 bridgehead atoms. The van der Waals surface area contributed by atoms with Crippen LogP contribution in [0.25, 0.3) is 0 Å². The second-order valence-electron chi connectivity index (χ2n) is 6.53. The van der Waals surface area contributed by atoms with Crippen LogP contribution >= 0.6 is 11.3 Å². The molecular weight excluding hydrogens is 388 g/mol. The number of benzene rings is 2. The summed E-state index contributed by atoms with van der Waals surface area (Å²) >= 11 is 1.37.